The first-order chi connectivity index (χ1) is 39.5. The molecule has 3 amide bonds. The lowest BCUT2D eigenvalue weighted by Crippen LogP contribution is -2.85. The van der Waals surface area contributed by atoms with Gasteiger partial charge in [0.05, 0.1) is 7.05 Å². The lowest BCUT2D eigenvalue weighted by molar-refractivity contribution is -1.36. The number of nitrogens with one attached hydrogen (secondary N) is 3. The van der Waals surface area contributed by atoms with E-state index in [1.165, 1.54) is 0 Å². The monoisotopic (exact) mass is 1170 g/mol. The van der Waals surface area contributed by atoms with Crippen molar-refractivity contribution in [3.63, 3.8) is 0 Å². The van der Waals surface area contributed by atoms with E-state index in [0.717, 1.165) is 95.2 Å². The molecule has 6 heterocycles. The fourth-order valence-corrected chi connectivity index (χ4v) is 15.0. The second kappa shape index (κ2) is 27.7. The third-order valence-corrected chi connectivity index (χ3v) is 18.4. The number of benzene rings is 1. The number of amides is 3. The standard InChI is InChI=1S/C56H85N13O14/c1-63(2)53-60-45(35-41-18-16-40(17-19-41)34-42-36-66(3)28-29-67(37-48(73)74)30-31-68(38-49(75)76)32-33-69(42,39-50(77)78)56(66,67)68)61-54(62-53)65-26-24-64(25-27-65)23-13-9-7-5-4-6-8-10-15-46(70)57-22-12-11-14-43(51(79)80)58-55(83)59-44(52(81)82)20-21-47(71)72/h16-19,42-44H,4-15,20-39H2,1-3H3,(H5-4,57,58,59,70,71,72,73,74,75,76,77,78,79,80,81,82,83)/p+4/t42?,43-,44-,56?,66?,67?,68?,69?/m0/s1. The largest absolute Gasteiger partial charge is 0.482 e. The van der Waals surface area contributed by atoms with E-state index in [9.17, 15) is 63.9 Å². The van der Waals surface area contributed by atoms with Crippen molar-refractivity contribution in [2.45, 2.75) is 127 Å². The number of aliphatic carboxylic acids is 6. The van der Waals surface area contributed by atoms with Gasteiger partial charge in [0.1, 0.15) is 63.7 Å². The van der Waals surface area contributed by atoms with E-state index in [2.05, 4.69) is 57.1 Å². The first-order valence-corrected chi connectivity index (χ1v) is 29.5. The number of piperazine rings is 1. The van der Waals surface area contributed by atoms with Crippen molar-refractivity contribution in [1.82, 2.24) is 35.8 Å². The van der Waals surface area contributed by atoms with Crippen LogP contribution in [0.3, 0.4) is 0 Å². The topological polar surface area (TPSA) is 342 Å². The molecule has 2 aromatic rings. The Bertz CT molecular complexity index is 2640. The third-order valence-electron chi connectivity index (χ3n) is 18.4. The second-order valence-electron chi connectivity index (χ2n) is 24.2. The average Bonchev–Trinajstić information content (AvgIpc) is 1.46. The zero-order valence-corrected chi connectivity index (χ0v) is 48.6. The van der Waals surface area contributed by atoms with Crippen LogP contribution in [0.15, 0.2) is 24.3 Å². The molecule has 1 spiro atoms. The maximum absolute atomic E-state index is 13.0. The summed E-state index contributed by atoms with van der Waals surface area (Å²) in [7, 11) is 5.96. The van der Waals surface area contributed by atoms with Gasteiger partial charge in [-0.15, -0.1) is 13.4 Å². The normalized spacial score (nSPS) is 25.9. The van der Waals surface area contributed by atoms with Gasteiger partial charge in [-0.2, -0.15) is 19.4 Å². The van der Waals surface area contributed by atoms with Crippen LogP contribution in [0.4, 0.5) is 16.7 Å². The van der Waals surface area contributed by atoms with Crippen LogP contribution in [-0.2, 0) is 46.4 Å². The molecule has 5 fully saturated rings. The van der Waals surface area contributed by atoms with E-state index in [0.29, 0.717) is 107 Å². The predicted molar refractivity (Wildman–Crippen MR) is 301 cm³/mol. The lowest BCUT2D eigenvalue weighted by Gasteiger charge is -2.49. The smallest absolute Gasteiger partial charge is 0.481 e. The van der Waals surface area contributed by atoms with Crippen LogP contribution < -0.4 is 25.8 Å². The minimum atomic E-state index is -1.48. The molecule has 8 atom stereocenters. The number of hydrogen-bond acceptors (Lipinski definition) is 14. The summed E-state index contributed by atoms with van der Waals surface area (Å²) in [5.74, 6) is -5.92. The Balaban J connectivity index is 0.793. The Kier molecular flexibility index (Phi) is 21.3. The molecule has 7 rings (SSSR count). The van der Waals surface area contributed by atoms with E-state index >= 15 is 0 Å². The number of urea groups is 1. The molecule has 0 saturated carbocycles. The van der Waals surface area contributed by atoms with Crippen molar-refractivity contribution in [2.75, 3.05) is 136 Å². The molecule has 9 N–H and O–H groups in total. The summed E-state index contributed by atoms with van der Waals surface area (Å²) in [5, 5.41) is 65.9. The minimum absolute atomic E-state index is 0.0595. The van der Waals surface area contributed by atoms with Gasteiger partial charge in [-0.1, -0.05) is 62.8 Å². The maximum atomic E-state index is 13.0. The molecule has 1 aromatic heterocycles. The number of likely N-dealkylation sites (N-methyl/N-ethyl adjacent to an activating group) is 1. The second-order valence-corrected chi connectivity index (χ2v) is 24.2. The van der Waals surface area contributed by atoms with Crippen molar-refractivity contribution in [2.24, 2.45) is 0 Å². The highest BCUT2D eigenvalue weighted by Crippen LogP contribution is 2.64. The highest BCUT2D eigenvalue weighted by Gasteiger charge is 3.00. The van der Waals surface area contributed by atoms with Crippen LogP contribution in [-0.4, -0.2) is 266 Å². The number of unbranched alkanes of at least 4 members (excludes halogenated alkanes) is 8. The van der Waals surface area contributed by atoms with Crippen LogP contribution in [0.5, 0.6) is 0 Å². The van der Waals surface area contributed by atoms with Gasteiger partial charge < -0.3 is 56.4 Å². The minimum Gasteiger partial charge on any atom is -0.481 e. The lowest BCUT2D eigenvalue weighted by atomic mass is 10.0. The number of carbonyl (C=O) groups excluding carboxylic acids is 2. The van der Waals surface area contributed by atoms with E-state index in [1.54, 1.807) is 0 Å². The van der Waals surface area contributed by atoms with Crippen molar-refractivity contribution in [3.8, 4) is 0 Å². The van der Waals surface area contributed by atoms with Crippen molar-refractivity contribution in [3.05, 3.63) is 41.2 Å². The summed E-state index contributed by atoms with van der Waals surface area (Å²) in [6.45, 7) is 8.14. The molecule has 5 aliphatic rings. The van der Waals surface area contributed by atoms with Gasteiger partial charge in [0, 0.05) is 72.5 Å². The number of rotatable bonds is 35. The fraction of sp³-hybridized carbons (Fsp3) is 0.696. The highest BCUT2D eigenvalue weighted by atomic mass is 16.4. The zero-order chi connectivity index (χ0) is 60.2. The molecule has 27 heteroatoms. The number of aromatic nitrogens is 3. The van der Waals surface area contributed by atoms with Gasteiger partial charge in [-0.3, -0.25) is 14.5 Å². The molecule has 458 valence electrons. The van der Waals surface area contributed by atoms with Gasteiger partial charge in [0.2, 0.25) is 17.8 Å². The number of nitrogens with zero attached hydrogens (tertiary/aromatic N) is 10. The van der Waals surface area contributed by atoms with Crippen LogP contribution in [0.1, 0.15) is 107 Å². The van der Waals surface area contributed by atoms with Gasteiger partial charge in [0.15, 0.2) is 25.7 Å². The molecule has 6 unspecified atom stereocenters. The highest BCUT2D eigenvalue weighted by molar-refractivity contribution is 5.86. The van der Waals surface area contributed by atoms with Crippen molar-refractivity contribution < 1.29 is 86.9 Å². The Hall–Kier alpha value is -6.81. The molecule has 0 radical (unpaired) electrons. The number of carboxylic acid groups (broad SMARTS) is 6. The van der Waals surface area contributed by atoms with Crippen LogP contribution >= 0.6 is 0 Å². The number of quaternary nitrogens is 4. The summed E-state index contributed by atoms with van der Waals surface area (Å²) in [6, 6.07) is 4.39. The first-order valence-electron chi connectivity index (χ1n) is 29.5. The summed E-state index contributed by atoms with van der Waals surface area (Å²) in [5.41, 5.74) is 2.06. The SMILES string of the molecule is CN(C)c1nc(Cc2ccc(CC3C[N+]4(C)CC[N+]5(CC(=O)O)CC[N+]6(CC(=O)O)CC[N+]3(CC(=O)O)C456)cc2)nc(N2CCN(CCCCCCCCCCC(=O)NCCCC[C@H](NC(=O)N[C@@H](CCC(=O)O)C(=O)O)C(=O)O)CC2)n1. The third kappa shape index (κ3) is 14.6. The number of hydrogen-bond donors (Lipinski definition) is 9. The Morgan fingerprint density at radius 1 is 0.627 bits per heavy atom. The van der Waals surface area contributed by atoms with Gasteiger partial charge in [-0.05, 0) is 56.2 Å². The van der Waals surface area contributed by atoms with Crippen molar-refractivity contribution >= 4 is 59.7 Å². The average molecular weight is 1170 g/mol. The molecule has 0 bridgehead atoms. The Labute approximate surface area is 484 Å². The van der Waals surface area contributed by atoms with E-state index in [-0.39, 0.29) is 57.9 Å². The molecule has 0 aliphatic carbocycles. The summed E-state index contributed by atoms with van der Waals surface area (Å²) >= 11 is 0. The summed E-state index contributed by atoms with van der Waals surface area (Å²) in [6.07, 6.45) is 10.0. The van der Waals surface area contributed by atoms with Gasteiger partial charge in [0.25, 0.3) is 0 Å². The van der Waals surface area contributed by atoms with Crippen LogP contribution in [0, 0.1) is 0 Å². The summed E-state index contributed by atoms with van der Waals surface area (Å²) in [4.78, 5) is 118. The number of carboxylic acids is 6. The molecule has 27 nitrogen and oxygen atoms in total. The Morgan fingerprint density at radius 2 is 1.18 bits per heavy atom. The first kappa shape index (κ1) is 63.8. The van der Waals surface area contributed by atoms with E-state index < -0.39 is 66.3 Å². The van der Waals surface area contributed by atoms with E-state index in [1.807, 2.05) is 19.0 Å². The number of carbonyl (C=O) groups is 8. The van der Waals surface area contributed by atoms with Crippen LogP contribution in [0.25, 0.3) is 0 Å². The summed E-state index contributed by atoms with van der Waals surface area (Å²) < 4.78 is 1.06. The zero-order valence-electron chi connectivity index (χ0n) is 48.6. The molecular formula is C56H89N13O14+4. The maximum Gasteiger partial charge on any atom is 0.482 e. The predicted octanol–water partition coefficient (Wildman–Crippen LogP) is 1.25. The quantitative estimate of drug-likeness (QED) is 0.0346. The van der Waals surface area contributed by atoms with Crippen molar-refractivity contribution in [1.29, 1.82) is 0 Å². The molecule has 5 saturated heterocycles. The molecule has 5 aliphatic heterocycles. The number of anilines is 2. The van der Waals surface area contributed by atoms with Crippen LogP contribution in [0.2, 0.25) is 0 Å². The van der Waals surface area contributed by atoms with E-state index in [4.69, 9.17) is 20.1 Å². The molecule has 1 aromatic carbocycles. The Morgan fingerprint density at radius 3 is 1.76 bits per heavy atom. The van der Waals surface area contributed by atoms with Gasteiger partial charge in [-0.25, -0.2) is 28.8 Å². The fourth-order valence-electron chi connectivity index (χ4n) is 15.0. The van der Waals surface area contributed by atoms with Gasteiger partial charge >= 0.3 is 47.8 Å². The molecular weight excluding hydrogens is 1080 g/mol. The molecule has 83 heavy (non-hydrogen) atoms.